The second kappa shape index (κ2) is 13.5. The largest absolute Gasteiger partial charge is 0.374 e. The topological polar surface area (TPSA) is 56.7 Å². The maximum atomic E-state index is 14.8. The van der Waals surface area contributed by atoms with Crippen LogP contribution in [0.3, 0.4) is 0 Å². The third kappa shape index (κ3) is 6.92. The van der Waals surface area contributed by atoms with Gasteiger partial charge in [-0.2, -0.15) is 5.10 Å². The van der Waals surface area contributed by atoms with Crippen LogP contribution in [0.5, 0.6) is 0 Å². The number of hydrazone groups is 1. The van der Waals surface area contributed by atoms with Gasteiger partial charge in [-0.1, -0.05) is 57.0 Å². The van der Waals surface area contributed by atoms with E-state index in [1.54, 1.807) is 11.1 Å². The van der Waals surface area contributed by atoms with Crippen LogP contribution in [0.25, 0.3) is 0 Å². The van der Waals surface area contributed by atoms with Crippen molar-refractivity contribution in [2.75, 3.05) is 32.5 Å². The fourth-order valence-electron chi connectivity index (χ4n) is 3.74. The van der Waals surface area contributed by atoms with E-state index in [1.165, 1.54) is 12.1 Å². The SMILES string of the molecule is C/C(=N/N(C)C)c1ccc(NC2(c3c(F)ccc(Cl)c3Cl)CCNC2)cc1C=O.CC.CC. The number of rotatable bonds is 6. The molecule has 0 radical (unpaired) electrons. The summed E-state index contributed by atoms with van der Waals surface area (Å²) in [5.74, 6) is -0.420. The molecule has 33 heavy (non-hydrogen) atoms. The first-order valence-corrected chi connectivity index (χ1v) is 12.0. The Morgan fingerprint density at radius 1 is 1.18 bits per heavy atom. The Kier molecular flexibility index (Phi) is 11.8. The predicted molar refractivity (Wildman–Crippen MR) is 140 cm³/mol. The molecule has 0 aliphatic carbocycles. The van der Waals surface area contributed by atoms with Gasteiger partial charge < -0.3 is 15.6 Å². The highest BCUT2D eigenvalue weighted by Crippen LogP contribution is 2.41. The van der Waals surface area contributed by atoms with Crippen LogP contribution in [0.15, 0.2) is 35.4 Å². The number of nitrogens with one attached hydrogen (secondary N) is 2. The van der Waals surface area contributed by atoms with E-state index in [4.69, 9.17) is 23.2 Å². The highest BCUT2D eigenvalue weighted by molar-refractivity contribution is 6.42. The number of hydrogen-bond donors (Lipinski definition) is 2. The predicted octanol–water partition coefficient (Wildman–Crippen LogP) is 6.58. The highest BCUT2D eigenvalue weighted by Gasteiger charge is 2.40. The zero-order chi connectivity index (χ0) is 25.2. The molecule has 1 fully saturated rings. The van der Waals surface area contributed by atoms with E-state index in [1.807, 2.05) is 60.8 Å². The average Bonchev–Trinajstić information content (AvgIpc) is 3.27. The van der Waals surface area contributed by atoms with Crippen LogP contribution in [-0.4, -0.2) is 44.2 Å². The van der Waals surface area contributed by atoms with Gasteiger partial charge in [0.25, 0.3) is 0 Å². The first kappa shape index (κ1) is 28.9. The molecule has 1 aliphatic rings. The third-order valence-corrected chi connectivity index (χ3v) is 5.78. The van der Waals surface area contributed by atoms with Gasteiger partial charge in [0.2, 0.25) is 0 Å². The van der Waals surface area contributed by atoms with Crippen molar-refractivity contribution >= 4 is 40.9 Å². The Morgan fingerprint density at radius 2 is 1.85 bits per heavy atom. The van der Waals surface area contributed by atoms with Gasteiger partial charge in [0, 0.05) is 43.0 Å². The Morgan fingerprint density at radius 3 is 2.39 bits per heavy atom. The molecule has 0 aromatic heterocycles. The lowest BCUT2D eigenvalue weighted by atomic mass is 9.87. The standard InChI is InChI=1S/C21H23Cl2FN4O.2C2H6/c1-13(27-28(2)3)16-5-4-15(10-14(16)11-29)26-21(8-9-25-12-21)19-18(24)7-6-17(22)20(19)23;2*1-2/h4-7,10-11,25-26H,8-9,12H2,1-3H3;2*1-2H3/b27-13-;;. The summed E-state index contributed by atoms with van der Waals surface area (Å²) in [6.07, 6.45) is 1.41. The van der Waals surface area contributed by atoms with Gasteiger partial charge in [-0.15, -0.1) is 0 Å². The summed E-state index contributed by atoms with van der Waals surface area (Å²) in [7, 11) is 3.64. The fourth-order valence-corrected chi connectivity index (χ4v) is 4.23. The Bertz CT molecular complexity index is 958. The molecule has 0 amide bonds. The van der Waals surface area contributed by atoms with Crippen LogP contribution < -0.4 is 10.6 Å². The Labute approximate surface area is 207 Å². The number of carbonyl (C=O) groups excluding carboxylic acids is 1. The van der Waals surface area contributed by atoms with Gasteiger partial charge in [0.05, 0.1) is 21.3 Å². The van der Waals surface area contributed by atoms with E-state index in [0.717, 1.165) is 17.6 Å². The maximum absolute atomic E-state index is 14.8. The Hall–Kier alpha value is -2.15. The molecule has 0 bridgehead atoms. The van der Waals surface area contributed by atoms with Gasteiger partial charge in [0.1, 0.15) is 5.82 Å². The third-order valence-electron chi connectivity index (χ3n) is 4.98. The summed E-state index contributed by atoms with van der Waals surface area (Å²) in [5.41, 5.74) is 2.21. The second-order valence-corrected chi connectivity index (χ2v) is 8.09. The molecule has 1 saturated heterocycles. The highest BCUT2D eigenvalue weighted by atomic mass is 35.5. The number of anilines is 1. The second-order valence-electron chi connectivity index (χ2n) is 7.30. The van der Waals surface area contributed by atoms with Crippen LogP contribution in [0, 0.1) is 5.82 Å². The molecule has 2 N–H and O–H groups in total. The molecule has 0 spiro atoms. The summed E-state index contributed by atoms with van der Waals surface area (Å²) >= 11 is 12.6. The maximum Gasteiger partial charge on any atom is 0.150 e. The summed E-state index contributed by atoms with van der Waals surface area (Å²) < 4.78 is 14.8. The van der Waals surface area contributed by atoms with Crippen molar-refractivity contribution in [3.63, 3.8) is 0 Å². The molecule has 3 rings (SSSR count). The van der Waals surface area contributed by atoms with Crippen LogP contribution >= 0.6 is 23.2 Å². The van der Waals surface area contributed by atoms with Gasteiger partial charge in [-0.3, -0.25) is 4.79 Å². The smallest absolute Gasteiger partial charge is 0.150 e. The molecule has 1 atom stereocenters. The number of halogens is 3. The summed E-state index contributed by atoms with van der Waals surface area (Å²) in [5, 5.41) is 13.2. The fraction of sp³-hybridized carbons (Fsp3) is 0.440. The van der Waals surface area contributed by atoms with E-state index in [0.29, 0.717) is 41.3 Å². The molecule has 0 saturated carbocycles. The van der Waals surface area contributed by atoms with E-state index in [9.17, 15) is 9.18 Å². The van der Waals surface area contributed by atoms with Crippen LogP contribution in [-0.2, 0) is 5.54 Å². The monoisotopic (exact) mass is 496 g/mol. The summed E-state index contributed by atoms with van der Waals surface area (Å²) in [6, 6.07) is 8.21. The molecular weight excluding hydrogens is 462 g/mol. The van der Waals surface area contributed by atoms with Crippen molar-refractivity contribution < 1.29 is 9.18 Å². The van der Waals surface area contributed by atoms with E-state index in [2.05, 4.69) is 15.7 Å². The normalized spacial score (nSPS) is 17.3. The minimum Gasteiger partial charge on any atom is -0.374 e. The average molecular weight is 497 g/mol. The molecule has 1 heterocycles. The zero-order valence-corrected chi connectivity index (χ0v) is 22.0. The van der Waals surface area contributed by atoms with E-state index >= 15 is 0 Å². The zero-order valence-electron chi connectivity index (χ0n) is 20.5. The van der Waals surface area contributed by atoms with Gasteiger partial charge in [-0.25, -0.2) is 4.39 Å². The van der Waals surface area contributed by atoms with Crippen molar-refractivity contribution in [2.24, 2.45) is 5.10 Å². The van der Waals surface area contributed by atoms with Gasteiger partial charge in [-0.05, 0) is 44.2 Å². The Balaban J connectivity index is 0.00000129. The van der Waals surface area contributed by atoms with Crippen molar-refractivity contribution in [3.05, 3.63) is 62.9 Å². The van der Waals surface area contributed by atoms with Crippen molar-refractivity contribution in [2.45, 2.75) is 46.6 Å². The lowest BCUT2D eigenvalue weighted by Crippen LogP contribution is -2.39. The van der Waals surface area contributed by atoms with Crippen LogP contribution in [0.4, 0.5) is 10.1 Å². The van der Waals surface area contributed by atoms with Crippen molar-refractivity contribution in [1.29, 1.82) is 0 Å². The number of carbonyl (C=O) groups is 1. The first-order valence-electron chi connectivity index (χ1n) is 11.2. The molecule has 8 heteroatoms. The van der Waals surface area contributed by atoms with Crippen LogP contribution in [0.1, 0.15) is 62.5 Å². The van der Waals surface area contributed by atoms with Crippen molar-refractivity contribution in [1.82, 2.24) is 10.3 Å². The number of benzene rings is 2. The molecule has 1 aliphatic heterocycles. The first-order chi connectivity index (χ1) is 15.8. The van der Waals surface area contributed by atoms with Crippen LogP contribution in [0.2, 0.25) is 10.0 Å². The molecule has 2 aromatic rings. The molecule has 5 nitrogen and oxygen atoms in total. The lowest BCUT2D eigenvalue weighted by Gasteiger charge is -2.33. The van der Waals surface area contributed by atoms with Crippen molar-refractivity contribution in [3.8, 4) is 0 Å². The molecule has 1 unspecified atom stereocenters. The lowest BCUT2D eigenvalue weighted by molar-refractivity contribution is 0.112. The number of aldehydes is 1. The minimum absolute atomic E-state index is 0.198. The number of nitrogens with zero attached hydrogens (tertiary/aromatic N) is 2. The van der Waals surface area contributed by atoms with Gasteiger partial charge in [0.15, 0.2) is 6.29 Å². The molecule has 2 aromatic carbocycles. The summed E-state index contributed by atoms with van der Waals surface area (Å²) in [4.78, 5) is 11.7. The quantitative estimate of drug-likeness (QED) is 0.205. The number of hydrogen-bond acceptors (Lipinski definition) is 5. The van der Waals surface area contributed by atoms with E-state index < -0.39 is 11.4 Å². The molecule has 182 valence electrons. The minimum atomic E-state index is -0.777. The molecular formula is C25H35Cl2FN4O. The summed E-state index contributed by atoms with van der Waals surface area (Å²) in [6.45, 7) is 11.0. The van der Waals surface area contributed by atoms with E-state index in [-0.39, 0.29) is 5.02 Å². The van der Waals surface area contributed by atoms with Gasteiger partial charge >= 0.3 is 0 Å².